The fourth-order valence-electron chi connectivity index (χ4n) is 4.77. The molecule has 0 N–H and O–H groups in total. The molecular formula is C21H21F3N2. The number of fused-ring (bicyclic) bond motifs is 3. The van der Waals surface area contributed by atoms with Gasteiger partial charge in [0.05, 0.1) is 23.4 Å². The van der Waals surface area contributed by atoms with E-state index in [1.807, 2.05) is 43.3 Å². The largest absolute Gasteiger partial charge is 0.391 e. The van der Waals surface area contributed by atoms with Crippen molar-refractivity contribution in [2.24, 2.45) is 4.99 Å². The first-order valence-corrected chi connectivity index (χ1v) is 9.03. The highest BCUT2D eigenvalue weighted by Crippen LogP contribution is 2.56. The fraction of sp³-hybridized carbons (Fsp3) is 0.429. The maximum atomic E-state index is 13.6. The van der Waals surface area contributed by atoms with Crippen molar-refractivity contribution in [3.8, 4) is 0 Å². The quantitative estimate of drug-likeness (QED) is 0.700. The van der Waals surface area contributed by atoms with Crippen LogP contribution in [-0.2, 0) is 5.41 Å². The normalized spacial score (nSPS) is 28.1. The van der Waals surface area contributed by atoms with E-state index in [4.69, 9.17) is 4.99 Å². The zero-order valence-corrected chi connectivity index (χ0v) is 14.7. The number of alkyl halides is 3. The van der Waals surface area contributed by atoms with E-state index in [9.17, 15) is 13.2 Å². The highest BCUT2D eigenvalue weighted by atomic mass is 19.4. The summed E-state index contributed by atoms with van der Waals surface area (Å²) in [5, 5.41) is 0. The van der Waals surface area contributed by atoms with Gasteiger partial charge in [-0.05, 0) is 30.5 Å². The second kappa shape index (κ2) is 5.93. The van der Waals surface area contributed by atoms with Crippen molar-refractivity contribution >= 4 is 5.71 Å². The number of hydrogen-bond donors (Lipinski definition) is 0. The first-order chi connectivity index (χ1) is 12.3. The molecule has 1 aromatic heterocycles. The number of nitrogens with zero attached hydrogens (tertiary/aromatic N) is 2. The monoisotopic (exact) mass is 358 g/mol. The van der Waals surface area contributed by atoms with Gasteiger partial charge in [0.1, 0.15) is 0 Å². The van der Waals surface area contributed by atoms with E-state index >= 15 is 0 Å². The smallest absolute Gasteiger partial charge is 0.275 e. The van der Waals surface area contributed by atoms with Crippen LogP contribution < -0.4 is 0 Å². The van der Waals surface area contributed by atoms with Crippen LogP contribution in [0.1, 0.15) is 55.8 Å². The molecule has 1 saturated carbocycles. The molecular weight excluding hydrogens is 337 g/mol. The van der Waals surface area contributed by atoms with Crippen LogP contribution in [0.5, 0.6) is 0 Å². The molecule has 2 atom stereocenters. The molecule has 1 fully saturated rings. The molecule has 2 nitrogen and oxygen atoms in total. The number of halogens is 3. The average Bonchev–Trinajstić information content (AvgIpc) is 2.61. The molecule has 5 heteroatoms. The van der Waals surface area contributed by atoms with Gasteiger partial charge in [-0.3, -0.25) is 9.98 Å². The lowest BCUT2D eigenvalue weighted by Crippen LogP contribution is -2.56. The number of rotatable bonds is 2. The van der Waals surface area contributed by atoms with Crippen molar-refractivity contribution in [3.63, 3.8) is 0 Å². The second-order valence-corrected chi connectivity index (χ2v) is 7.58. The molecule has 0 unspecified atom stereocenters. The third-order valence-corrected chi connectivity index (χ3v) is 6.05. The third-order valence-electron chi connectivity index (χ3n) is 6.05. The second-order valence-electron chi connectivity index (χ2n) is 7.58. The highest BCUT2D eigenvalue weighted by Gasteiger charge is 2.58. The van der Waals surface area contributed by atoms with Crippen LogP contribution in [0.25, 0.3) is 0 Å². The van der Waals surface area contributed by atoms with Crippen LogP contribution >= 0.6 is 0 Å². The number of hydrogen-bond acceptors (Lipinski definition) is 2. The SMILES string of the molecule is C[C@@]12CCCC[C@]1(CC(F)(F)F)N=C(c1ccccn1)c1ccccc12. The molecule has 2 heterocycles. The summed E-state index contributed by atoms with van der Waals surface area (Å²) in [4.78, 5) is 9.22. The molecule has 0 saturated heterocycles. The average molecular weight is 358 g/mol. The summed E-state index contributed by atoms with van der Waals surface area (Å²) in [6, 6.07) is 13.2. The molecule has 1 aliphatic carbocycles. The molecule has 1 aliphatic heterocycles. The number of aliphatic imine (C=N–C) groups is 1. The minimum absolute atomic E-state index is 0.452. The Morgan fingerprint density at radius 1 is 1.00 bits per heavy atom. The lowest BCUT2D eigenvalue weighted by molar-refractivity contribution is -0.156. The van der Waals surface area contributed by atoms with Crippen LogP contribution in [0.4, 0.5) is 13.2 Å². The van der Waals surface area contributed by atoms with Gasteiger partial charge in [-0.2, -0.15) is 13.2 Å². The van der Waals surface area contributed by atoms with E-state index in [0.717, 1.165) is 30.4 Å². The Balaban J connectivity index is 1.99. The summed E-state index contributed by atoms with van der Waals surface area (Å²) in [6.45, 7) is 1.97. The Bertz CT molecular complexity index is 844. The molecule has 136 valence electrons. The van der Waals surface area contributed by atoms with Gasteiger partial charge in [-0.1, -0.05) is 50.1 Å². The Morgan fingerprint density at radius 3 is 2.46 bits per heavy atom. The van der Waals surface area contributed by atoms with E-state index in [2.05, 4.69) is 4.98 Å². The molecule has 0 bridgehead atoms. The summed E-state index contributed by atoms with van der Waals surface area (Å²) in [5.74, 6) is 0. The van der Waals surface area contributed by atoms with Crippen molar-refractivity contribution in [1.82, 2.24) is 4.98 Å². The molecule has 0 radical (unpaired) electrons. The van der Waals surface area contributed by atoms with Crippen LogP contribution in [0.2, 0.25) is 0 Å². The van der Waals surface area contributed by atoms with Gasteiger partial charge in [0.25, 0.3) is 0 Å². The van der Waals surface area contributed by atoms with Gasteiger partial charge < -0.3 is 0 Å². The third kappa shape index (κ3) is 2.65. The number of benzene rings is 1. The number of aromatic nitrogens is 1. The van der Waals surface area contributed by atoms with Gasteiger partial charge in [0.15, 0.2) is 0 Å². The summed E-state index contributed by atoms with van der Waals surface area (Å²) in [7, 11) is 0. The minimum atomic E-state index is -4.26. The van der Waals surface area contributed by atoms with Crippen molar-refractivity contribution in [2.75, 3.05) is 0 Å². The van der Waals surface area contributed by atoms with Gasteiger partial charge in [0, 0.05) is 17.2 Å². The van der Waals surface area contributed by atoms with Crippen molar-refractivity contribution in [1.29, 1.82) is 0 Å². The summed E-state index contributed by atoms with van der Waals surface area (Å²) >= 11 is 0. The van der Waals surface area contributed by atoms with E-state index in [1.165, 1.54) is 0 Å². The lowest BCUT2D eigenvalue weighted by atomic mass is 9.55. The molecule has 0 spiro atoms. The first-order valence-electron chi connectivity index (χ1n) is 9.03. The molecule has 1 aromatic carbocycles. The summed E-state index contributed by atoms with van der Waals surface area (Å²) in [6.07, 6.45) is -0.616. The van der Waals surface area contributed by atoms with E-state index in [0.29, 0.717) is 17.8 Å². The zero-order valence-electron chi connectivity index (χ0n) is 14.7. The number of pyridine rings is 1. The lowest BCUT2D eigenvalue weighted by Gasteiger charge is -2.53. The van der Waals surface area contributed by atoms with Gasteiger partial charge in [0.2, 0.25) is 0 Å². The zero-order chi connectivity index (χ0) is 18.4. The molecule has 26 heavy (non-hydrogen) atoms. The van der Waals surface area contributed by atoms with Crippen molar-refractivity contribution < 1.29 is 13.2 Å². The maximum Gasteiger partial charge on any atom is 0.391 e. The van der Waals surface area contributed by atoms with E-state index < -0.39 is 23.6 Å². The molecule has 2 aromatic rings. The van der Waals surface area contributed by atoms with Crippen LogP contribution in [0, 0.1) is 0 Å². The minimum Gasteiger partial charge on any atom is -0.275 e. The fourth-order valence-corrected chi connectivity index (χ4v) is 4.77. The molecule has 0 amide bonds. The van der Waals surface area contributed by atoms with Crippen molar-refractivity contribution in [3.05, 3.63) is 65.5 Å². The molecule has 4 rings (SSSR count). The Labute approximate surface area is 151 Å². The summed E-state index contributed by atoms with van der Waals surface area (Å²) < 4.78 is 40.8. The van der Waals surface area contributed by atoms with Crippen LogP contribution in [0.15, 0.2) is 53.7 Å². The first kappa shape index (κ1) is 17.3. The maximum absolute atomic E-state index is 13.6. The Hall–Kier alpha value is -2.17. The predicted molar refractivity (Wildman–Crippen MR) is 95.5 cm³/mol. The standard InChI is InChI=1S/C21H21F3N2/c1-19-11-5-6-12-20(19,14-21(22,23)24)26-18(17-10-4-7-13-25-17)15-8-2-3-9-16(15)19/h2-4,7-10,13H,5-6,11-12,14H2,1H3/t19-,20+/m0/s1. The Morgan fingerprint density at radius 2 is 1.73 bits per heavy atom. The van der Waals surface area contributed by atoms with E-state index in [1.54, 1.807) is 12.3 Å². The molecule has 2 aliphatic rings. The van der Waals surface area contributed by atoms with E-state index in [-0.39, 0.29) is 0 Å². The van der Waals surface area contributed by atoms with Gasteiger partial charge >= 0.3 is 6.18 Å². The predicted octanol–water partition coefficient (Wildman–Crippen LogP) is 5.46. The Kier molecular flexibility index (Phi) is 3.94. The van der Waals surface area contributed by atoms with Crippen molar-refractivity contribution in [2.45, 2.75) is 56.2 Å². The highest BCUT2D eigenvalue weighted by molar-refractivity contribution is 6.13. The summed E-state index contributed by atoms with van der Waals surface area (Å²) in [5.41, 5.74) is 1.33. The van der Waals surface area contributed by atoms with Gasteiger partial charge in [-0.15, -0.1) is 0 Å². The topological polar surface area (TPSA) is 25.2 Å². The van der Waals surface area contributed by atoms with Crippen LogP contribution in [0.3, 0.4) is 0 Å². The van der Waals surface area contributed by atoms with Crippen LogP contribution in [-0.4, -0.2) is 22.4 Å². The van der Waals surface area contributed by atoms with Gasteiger partial charge in [-0.25, -0.2) is 0 Å².